The first-order valence-corrected chi connectivity index (χ1v) is 7.54. The first kappa shape index (κ1) is 14.3. The van der Waals surface area contributed by atoms with Gasteiger partial charge in [0.05, 0.1) is 7.11 Å². The Morgan fingerprint density at radius 2 is 2.00 bits per heavy atom. The Labute approximate surface area is 125 Å². The highest BCUT2D eigenvalue weighted by atomic mass is 79.9. The SMILES string of the molecule is COc1ccc(Br)cc1-c1nc(C(C)(C)C)sc1N. The Morgan fingerprint density at radius 1 is 1.32 bits per heavy atom. The minimum atomic E-state index is -0.00369. The molecule has 2 N–H and O–H groups in total. The summed E-state index contributed by atoms with van der Waals surface area (Å²) < 4.78 is 6.37. The highest BCUT2D eigenvalue weighted by Crippen LogP contribution is 2.40. The van der Waals surface area contributed by atoms with Crippen LogP contribution in [0, 0.1) is 0 Å². The molecule has 0 fully saturated rings. The van der Waals surface area contributed by atoms with Crippen LogP contribution in [-0.4, -0.2) is 12.1 Å². The van der Waals surface area contributed by atoms with E-state index in [1.165, 1.54) is 11.3 Å². The third-order valence-electron chi connectivity index (χ3n) is 2.71. The van der Waals surface area contributed by atoms with E-state index >= 15 is 0 Å². The quantitative estimate of drug-likeness (QED) is 0.877. The van der Waals surface area contributed by atoms with Crippen LogP contribution in [0.25, 0.3) is 11.3 Å². The molecule has 1 aromatic heterocycles. The average molecular weight is 341 g/mol. The van der Waals surface area contributed by atoms with E-state index in [-0.39, 0.29) is 5.41 Å². The Hall–Kier alpha value is -1.07. The van der Waals surface area contributed by atoms with Crippen molar-refractivity contribution in [2.75, 3.05) is 12.8 Å². The molecule has 0 aliphatic rings. The molecular formula is C14H17BrN2OS. The minimum absolute atomic E-state index is 0.00369. The average Bonchev–Trinajstić information content (AvgIpc) is 2.71. The van der Waals surface area contributed by atoms with Gasteiger partial charge in [-0.3, -0.25) is 0 Å². The zero-order chi connectivity index (χ0) is 14.2. The molecule has 0 saturated carbocycles. The normalized spacial score (nSPS) is 11.6. The monoisotopic (exact) mass is 340 g/mol. The van der Waals surface area contributed by atoms with E-state index in [0.717, 1.165) is 31.5 Å². The molecule has 0 spiro atoms. The molecule has 0 bridgehead atoms. The Bertz CT molecular complexity index is 602. The van der Waals surface area contributed by atoms with Gasteiger partial charge in [0, 0.05) is 15.5 Å². The van der Waals surface area contributed by atoms with Crippen LogP contribution in [0.2, 0.25) is 0 Å². The maximum atomic E-state index is 6.13. The fourth-order valence-electron chi connectivity index (χ4n) is 1.71. The van der Waals surface area contributed by atoms with Crippen molar-refractivity contribution < 1.29 is 4.74 Å². The van der Waals surface area contributed by atoms with E-state index in [2.05, 4.69) is 36.7 Å². The van der Waals surface area contributed by atoms with Crippen molar-refractivity contribution in [2.24, 2.45) is 0 Å². The van der Waals surface area contributed by atoms with Crippen LogP contribution in [0.3, 0.4) is 0 Å². The number of methoxy groups -OCH3 is 1. The highest BCUT2D eigenvalue weighted by molar-refractivity contribution is 9.10. The van der Waals surface area contributed by atoms with Gasteiger partial charge in [-0.15, -0.1) is 11.3 Å². The number of nitrogens with two attached hydrogens (primary N) is 1. The van der Waals surface area contributed by atoms with E-state index < -0.39 is 0 Å². The van der Waals surface area contributed by atoms with E-state index in [4.69, 9.17) is 15.5 Å². The van der Waals surface area contributed by atoms with Crippen LogP contribution in [-0.2, 0) is 5.41 Å². The fourth-order valence-corrected chi connectivity index (χ4v) is 2.98. The van der Waals surface area contributed by atoms with Gasteiger partial charge in [-0.05, 0) is 18.2 Å². The Kier molecular flexibility index (Phi) is 3.87. The number of halogens is 1. The second-order valence-electron chi connectivity index (χ2n) is 5.33. The molecule has 0 unspecified atom stereocenters. The maximum absolute atomic E-state index is 6.13. The number of hydrogen-bond donors (Lipinski definition) is 1. The summed E-state index contributed by atoms with van der Waals surface area (Å²) in [6.07, 6.45) is 0. The molecule has 1 heterocycles. The van der Waals surface area contributed by atoms with Crippen LogP contribution < -0.4 is 10.5 Å². The van der Waals surface area contributed by atoms with Crippen LogP contribution in [0.1, 0.15) is 25.8 Å². The van der Waals surface area contributed by atoms with Crippen molar-refractivity contribution in [1.29, 1.82) is 0 Å². The predicted molar refractivity (Wildman–Crippen MR) is 84.9 cm³/mol. The summed E-state index contributed by atoms with van der Waals surface area (Å²) in [5.74, 6) is 0.778. The molecule has 102 valence electrons. The standard InChI is InChI=1S/C14H17BrN2OS/c1-14(2,3)13-17-11(12(16)19-13)9-7-8(15)5-6-10(9)18-4/h5-7H,16H2,1-4H3. The number of ether oxygens (including phenoxy) is 1. The number of nitrogen functional groups attached to an aromatic ring is 1. The molecular weight excluding hydrogens is 324 g/mol. The molecule has 0 radical (unpaired) electrons. The molecule has 0 aliphatic heterocycles. The van der Waals surface area contributed by atoms with Crippen LogP contribution in [0.4, 0.5) is 5.00 Å². The van der Waals surface area contributed by atoms with E-state index in [1.807, 2.05) is 18.2 Å². The molecule has 3 nitrogen and oxygen atoms in total. The fraction of sp³-hybridized carbons (Fsp3) is 0.357. The molecule has 2 rings (SSSR count). The van der Waals surface area contributed by atoms with Gasteiger partial charge in [-0.2, -0.15) is 0 Å². The van der Waals surface area contributed by atoms with Crippen molar-refractivity contribution in [2.45, 2.75) is 26.2 Å². The van der Waals surface area contributed by atoms with Crippen molar-refractivity contribution >= 4 is 32.3 Å². The lowest BCUT2D eigenvalue weighted by molar-refractivity contribution is 0.416. The summed E-state index contributed by atoms with van der Waals surface area (Å²) in [6, 6.07) is 5.83. The van der Waals surface area contributed by atoms with Gasteiger partial charge in [0.15, 0.2) is 0 Å². The van der Waals surface area contributed by atoms with Crippen molar-refractivity contribution in [3.8, 4) is 17.0 Å². The summed E-state index contributed by atoms with van der Waals surface area (Å²) >= 11 is 5.01. The summed E-state index contributed by atoms with van der Waals surface area (Å²) in [6.45, 7) is 6.40. The molecule has 0 aliphatic carbocycles. The number of benzene rings is 1. The molecule has 19 heavy (non-hydrogen) atoms. The molecule has 0 amide bonds. The number of hydrogen-bond acceptors (Lipinski definition) is 4. The third kappa shape index (κ3) is 2.92. The Balaban J connectivity index is 2.59. The second kappa shape index (κ2) is 5.13. The molecule has 5 heteroatoms. The first-order chi connectivity index (χ1) is 8.82. The zero-order valence-electron chi connectivity index (χ0n) is 11.5. The molecule has 1 aromatic carbocycles. The topological polar surface area (TPSA) is 48.1 Å². The molecule has 0 atom stereocenters. The van der Waals surface area contributed by atoms with Crippen LogP contribution in [0.5, 0.6) is 5.75 Å². The minimum Gasteiger partial charge on any atom is -0.496 e. The zero-order valence-corrected chi connectivity index (χ0v) is 13.9. The first-order valence-electron chi connectivity index (χ1n) is 5.93. The Morgan fingerprint density at radius 3 is 2.53 bits per heavy atom. The predicted octanol–water partition coefficient (Wildman–Crippen LogP) is 4.46. The number of nitrogens with zero attached hydrogens (tertiary/aromatic N) is 1. The number of anilines is 1. The lowest BCUT2D eigenvalue weighted by Gasteiger charge is -2.13. The van der Waals surface area contributed by atoms with E-state index in [9.17, 15) is 0 Å². The van der Waals surface area contributed by atoms with E-state index in [1.54, 1.807) is 7.11 Å². The summed E-state index contributed by atoms with van der Waals surface area (Å²) in [7, 11) is 1.65. The van der Waals surface area contributed by atoms with Gasteiger partial charge in [0.25, 0.3) is 0 Å². The lowest BCUT2D eigenvalue weighted by atomic mass is 9.98. The maximum Gasteiger partial charge on any atom is 0.128 e. The molecule has 0 saturated heterocycles. The third-order valence-corrected chi connectivity index (χ3v) is 4.52. The van der Waals surface area contributed by atoms with Crippen LogP contribution in [0.15, 0.2) is 22.7 Å². The van der Waals surface area contributed by atoms with Gasteiger partial charge in [-0.1, -0.05) is 36.7 Å². The lowest BCUT2D eigenvalue weighted by Crippen LogP contribution is -2.10. The summed E-state index contributed by atoms with van der Waals surface area (Å²) in [4.78, 5) is 4.69. The van der Waals surface area contributed by atoms with Crippen molar-refractivity contribution in [3.63, 3.8) is 0 Å². The van der Waals surface area contributed by atoms with Gasteiger partial charge < -0.3 is 10.5 Å². The smallest absolute Gasteiger partial charge is 0.128 e. The molecule has 2 aromatic rings. The number of rotatable bonds is 2. The van der Waals surface area contributed by atoms with Gasteiger partial charge >= 0.3 is 0 Å². The van der Waals surface area contributed by atoms with Gasteiger partial charge in [0.2, 0.25) is 0 Å². The largest absolute Gasteiger partial charge is 0.496 e. The highest BCUT2D eigenvalue weighted by Gasteiger charge is 2.22. The summed E-state index contributed by atoms with van der Waals surface area (Å²) in [5.41, 5.74) is 7.84. The summed E-state index contributed by atoms with van der Waals surface area (Å²) in [5, 5.41) is 1.75. The number of thiazole rings is 1. The van der Waals surface area contributed by atoms with E-state index in [0.29, 0.717) is 0 Å². The van der Waals surface area contributed by atoms with Gasteiger partial charge in [0.1, 0.15) is 21.5 Å². The second-order valence-corrected chi connectivity index (χ2v) is 7.27. The van der Waals surface area contributed by atoms with Crippen molar-refractivity contribution in [3.05, 3.63) is 27.7 Å². The van der Waals surface area contributed by atoms with Crippen molar-refractivity contribution in [1.82, 2.24) is 4.98 Å². The number of aromatic nitrogens is 1. The van der Waals surface area contributed by atoms with Gasteiger partial charge in [-0.25, -0.2) is 4.98 Å². The van der Waals surface area contributed by atoms with Crippen LogP contribution >= 0.6 is 27.3 Å².